The summed E-state index contributed by atoms with van der Waals surface area (Å²) in [6, 6.07) is 2.03. The highest BCUT2D eigenvalue weighted by Gasteiger charge is 2.25. The van der Waals surface area contributed by atoms with E-state index in [4.69, 9.17) is 10.5 Å². The first-order valence-electron chi connectivity index (χ1n) is 4.79. The van der Waals surface area contributed by atoms with E-state index in [-0.39, 0.29) is 12.1 Å². The second-order valence-corrected chi connectivity index (χ2v) is 4.41. The van der Waals surface area contributed by atoms with Gasteiger partial charge in [0.15, 0.2) is 0 Å². The molecule has 76 valence electrons. The molecule has 2 rings (SSSR count). The summed E-state index contributed by atoms with van der Waals surface area (Å²) in [5.74, 6) is 0.836. The summed E-state index contributed by atoms with van der Waals surface area (Å²) in [5.41, 5.74) is 5.92. The van der Waals surface area contributed by atoms with Gasteiger partial charge in [-0.25, -0.2) is 0 Å². The molecule has 2 atom stereocenters. The van der Waals surface area contributed by atoms with Crippen molar-refractivity contribution in [1.29, 1.82) is 0 Å². The number of nitrogens with zero attached hydrogens (tertiary/aromatic N) is 1. The number of aromatic nitrogens is 1. The molecule has 1 aromatic heterocycles. The molecule has 0 aliphatic heterocycles. The van der Waals surface area contributed by atoms with Crippen LogP contribution in [0.5, 0.6) is 5.75 Å². The summed E-state index contributed by atoms with van der Waals surface area (Å²) < 4.78 is 6.69. The van der Waals surface area contributed by atoms with Crippen LogP contribution in [0.3, 0.4) is 0 Å². The molecule has 4 heteroatoms. The maximum atomic E-state index is 5.92. The summed E-state index contributed by atoms with van der Waals surface area (Å²) in [4.78, 5) is 3.98. The van der Waals surface area contributed by atoms with E-state index < -0.39 is 0 Å². The fourth-order valence-electron chi connectivity index (χ4n) is 1.72. The van der Waals surface area contributed by atoms with Crippen molar-refractivity contribution in [3.05, 3.63) is 22.9 Å². The average Bonchev–Trinajstić information content (AvgIpc) is 2.56. The number of pyridine rings is 1. The summed E-state index contributed by atoms with van der Waals surface area (Å²) in [6.07, 6.45) is 6.89. The van der Waals surface area contributed by atoms with Crippen LogP contribution in [0.2, 0.25) is 0 Å². The Morgan fingerprint density at radius 1 is 1.50 bits per heavy atom. The lowest BCUT2D eigenvalue weighted by molar-refractivity contribution is 0.190. The molecule has 14 heavy (non-hydrogen) atoms. The van der Waals surface area contributed by atoms with Crippen LogP contribution in [0.25, 0.3) is 0 Å². The van der Waals surface area contributed by atoms with Crippen LogP contribution in [-0.4, -0.2) is 17.1 Å². The zero-order valence-corrected chi connectivity index (χ0v) is 9.40. The number of rotatable bonds is 2. The monoisotopic (exact) mass is 256 g/mol. The third kappa shape index (κ3) is 2.07. The normalized spacial score (nSPS) is 26.4. The summed E-state index contributed by atoms with van der Waals surface area (Å²) in [5, 5.41) is 0. The van der Waals surface area contributed by atoms with Crippen LogP contribution in [0.4, 0.5) is 0 Å². The Hall–Kier alpha value is -0.610. The molecule has 3 nitrogen and oxygen atoms in total. The lowest BCUT2D eigenvalue weighted by Gasteiger charge is -2.18. The predicted octanol–water partition coefficient (Wildman–Crippen LogP) is 2.10. The highest BCUT2D eigenvalue weighted by molar-refractivity contribution is 9.10. The molecule has 0 aromatic carbocycles. The molecule has 0 bridgehead atoms. The maximum absolute atomic E-state index is 5.92. The second-order valence-electron chi connectivity index (χ2n) is 3.56. The summed E-state index contributed by atoms with van der Waals surface area (Å²) in [7, 11) is 0. The molecule has 2 N–H and O–H groups in total. The van der Waals surface area contributed by atoms with Crippen LogP contribution in [0.15, 0.2) is 22.9 Å². The van der Waals surface area contributed by atoms with E-state index in [9.17, 15) is 0 Å². The van der Waals surface area contributed by atoms with Gasteiger partial charge in [-0.1, -0.05) is 0 Å². The molecular weight excluding hydrogens is 244 g/mol. The van der Waals surface area contributed by atoms with E-state index in [0.29, 0.717) is 0 Å². The first kappa shape index (κ1) is 9.93. The van der Waals surface area contributed by atoms with Crippen molar-refractivity contribution in [2.45, 2.75) is 31.4 Å². The zero-order valence-electron chi connectivity index (χ0n) is 7.82. The van der Waals surface area contributed by atoms with E-state index in [0.717, 1.165) is 29.5 Å². The molecule has 2 unspecified atom stereocenters. The zero-order chi connectivity index (χ0) is 9.97. The van der Waals surface area contributed by atoms with E-state index in [1.165, 1.54) is 0 Å². The van der Waals surface area contributed by atoms with Crippen molar-refractivity contribution < 1.29 is 4.74 Å². The van der Waals surface area contributed by atoms with Crippen LogP contribution < -0.4 is 10.5 Å². The van der Waals surface area contributed by atoms with Crippen molar-refractivity contribution in [2.24, 2.45) is 5.73 Å². The Morgan fingerprint density at radius 2 is 2.36 bits per heavy atom. The van der Waals surface area contributed by atoms with Gasteiger partial charge >= 0.3 is 0 Å². The highest BCUT2D eigenvalue weighted by atomic mass is 79.9. The minimum atomic E-state index is 0.161. The van der Waals surface area contributed by atoms with Gasteiger partial charge in [-0.15, -0.1) is 0 Å². The maximum Gasteiger partial charge on any atom is 0.137 e. The van der Waals surface area contributed by atoms with Gasteiger partial charge < -0.3 is 10.5 Å². The van der Waals surface area contributed by atoms with Crippen molar-refractivity contribution in [3.8, 4) is 5.75 Å². The van der Waals surface area contributed by atoms with E-state index >= 15 is 0 Å². The average molecular weight is 257 g/mol. The molecule has 0 amide bonds. The Kier molecular flexibility index (Phi) is 3.03. The van der Waals surface area contributed by atoms with Gasteiger partial charge in [0, 0.05) is 18.4 Å². The van der Waals surface area contributed by atoms with Crippen molar-refractivity contribution in [3.63, 3.8) is 0 Å². The smallest absolute Gasteiger partial charge is 0.137 e. The van der Waals surface area contributed by atoms with Gasteiger partial charge in [-0.05, 0) is 41.3 Å². The fourth-order valence-corrected chi connectivity index (χ4v) is 2.07. The Balaban J connectivity index is 2.07. The van der Waals surface area contributed by atoms with Gasteiger partial charge in [-0.3, -0.25) is 4.98 Å². The highest BCUT2D eigenvalue weighted by Crippen LogP contribution is 2.28. The van der Waals surface area contributed by atoms with Crippen LogP contribution in [0.1, 0.15) is 19.3 Å². The van der Waals surface area contributed by atoms with Gasteiger partial charge in [-0.2, -0.15) is 0 Å². The van der Waals surface area contributed by atoms with E-state index in [1.54, 1.807) is 12.4 Å². The first-order valence-corrected chi connectivity index (χ1v) is 5.58. The number of nitrogens with two attached hydrogens (primary N) is 1. The fraction of sp³-hybridized carbons (Fsp3) is 0.500. The topological polar surface area (TPSA) is 48.1 Å². The molecule has 1 aromatic rings. The number of hydrogen-bond donors (Lipinski definition) is 1. The summed E-state index contributed by atoms with van der Waals surface area (Å²) in [6.45, 7) is 0. The van der Waals surface area contributed by atoms with Gasteiger partial charge in [0.2, 0.25) is 0 Å². The quantitative estimate of drug-likeness (QED) is 0.882. The van der Waals surface area contributed by atoms with Gasteiger partial charge in [0.25, 0.3) is 0 Å². The van der Waals surface area contributed by atoms with Crippen molar-refractivity contribution in [1.82, 2.24) is 4.98 Å². The van der Waals surface area contributed by atoms with Crippen LogP contribution in [-0.2, 0) is 0 Å². The van der Waals surface area contributed by atoms with Crippen LogP contribution >= 0.6 is 15.9 Å². The lowest BCUT2D eigenvalue weighted by Crippen LogP contribution is -2.33. The number of ether oxygens (including phenoxy) is 1. The summed E-state index contributed by atoms with van der Waals surface area (Å²) >= 11 is 3.40. The first-order chi connectivity index (χ1) is 6.77. The molecule has 1 saturated carbocycles. The van der Waals surface area contributed by atoms with Gasteiger partial charge in [0.1, 0.15) is 11.9 Å². The second kappa shape index (κ2) is 4.28. The molecular formula is C10H13BrN2O. The number of hydrogen-bond acceptors (Lipinski definition) is 3. The minimum absolute atomic E-state index is 0.161. The van der Waals surface area contributed by atoms with E-state index in [1.807, 2.05) is 6.07 Å². The third-order valence-electron chi connectivity index (χ3n) is 2.52. The molecule has 1 heterocycles. The van der Waals surface area contributed by atoms with Crippen molar-refractivity contribution >= 4 is 15.9 Å². The van der Waals surface area contributed by atoms with Crippen LogP contribution in [0, 0.1) is 0 Å². The largest absolute Gasteiger partial charge is 0.488 e. The minimum Gasteiger partial charge on any atom is -0.488 e. The molecule has 1 aliphatic carbocycles. The Bertz CT molecular complexity index is 319. The molecule has 0 spiro atoms. The Morgan fingerprint density at radius 3 is 3.00 bits per heavy atom. The Labute approximate surface area is 91.8 Å². The van der Waals surface area contributed by atoms with E-state index in [2.05, 4.69) is 20.9 Å². The SMILES string of the molecule is NC1CCCC1Oc1ccncc1Br. The lowest BCUT2D eigenvalue weighted by atomic mass is 10.2. The van der Waals surface area contributed by atoms with Crippen molar-refractivity contribution in [2.75, 3.05) is 0 Å². The standard InChI is InChI=1S/C10H13BrN2O/c11-7-6-13-5-4-9(7)14-10-3-1-2-8(10)12/h4-6,8,10H,1-3,12H2. The molecule has 0 radical (unpaired) electrons. The predicted molar refractivity (Wildman–Crippen MR) is 58.2 cm³/mol. The third-order valence-corrected chi connectivity index (χ3v) is 3.11. The molecule has 1 fully saturated rings. The van der Waals surface area contributed by atoms with Gasteiger partial charge in [0.05, 0.1) is 4.47 Å². The molecule has 0 saturated heterocycles. The number of halogens is 1. The molecule has 1 aliphatic rings.